The molecule has 0 saturated carbocycles. The number of alkyl halides is 3. The molecule has 0 fully saturated rings. The zero-order valence-electron chi connectivity index (χ0n) is 12.8. The van der Waals surface area contributed by atoms with Gasteiger partial charge in [0.2, 0.25) is 5.91 Å². The van der Waals surface area contributed by atoms with Crippen LogP contribution >= 0.6 is 0 Å². The quantitative estimate of drug-likeness (QED) is 0.915. The Kier molecular flexibility index (Phi) is 3.70. The first kappa shape index (κ1) is 16.2. The molecule has 2 N–H and O–H groups in total. The lowest BCUT2D eigenvalue weighted by Gasteiger charge is -2.17. The maximum absolute atomic E-state index is 13.4. The highest BCUT2D eigenvalue weighted by Crippen LogP contribution is 2.36. The van der Waals surface area contributed by atoms with E-state index >= 15 is 0 Å². The number of Topliss-reactive ketones (excluding diaryl/α,β-unsaturated/α-hetero) is 1. The molecular weight excluding hydrogens is 323 g/mol. The fourth-order valence-electron chi connectivity index (χ4n) is 3.01. The Morgan fingerprint density at radius 2 is 2.00 bits per heavy atom. The first-order valence-electron chi connectivity index (χ1n) is 7.33. The minimum absolute atomic E-state index is 0.0537. The second kappa shape index (κ2) is 5.47. The normalized spacial score (nSPS) is 14.6. The number of halogens is 3. The second-order valence-corrected chi connectivity index (χ2v) is 5.69. The van der Waals surface area contributed by atoms with E-state index in [0.29, 0.717) is 36.2 Å². The molecule has 3 rings (SSSR count). The minimum Gasteiger partial charge on any atom is -0.366 e. The third kappa shape index (κ3) is 2.57. The number of carbonyl (C=O) groups is 2. The lowest BCUT2D eigenvalue weighted by molar-refractivity contribution is -0.137. The molecule has 1 heterocycles. The fraction of sp³-hybridized carbons (Fsp3) is 0.312. The van der Waals surface area contributed by atoms with Crippen molar-refractivity contribution in [3.05, 3.63) is 46.3 Å². The van der Waals surface area contributed by atoms with E-state index in [4.69, 9.17) is 5.73 Å². The molecule has 1 aromatic heterocycles. The zero-order chi connectivity index (χ0) is 17.6. The Labute approximate surface area is 135 Å². The molecule has 0 spiro atoms. The smallest absolute Gasteiger partial charge is 0.366 e. The summed E-state index contributed by atoms with van der Waals surface area (Å²) in [6.07, 6.45) is -3.28. The summed E-state index contributed by atoms with van der Waals surface area (Å²) in [4.78, 5) is 23.4. The fourth-order valence-corrected chi connectivity index (χ4v) is 3.01. The summed E-state index contributed by atoms with van der Waals surface area (Å²) in [5, 5.41) is 4.13. The molecule has 0 aliphatic heterocycles. The Bertz CT molecular complexity index is 853. The van der Waals surface area contributed by atoms with Crippen LogP contribution in [-0.2, 0) is 12.6 Å². The number of aryl methyl sites for hydroxylation is 1. The van der Waals surface area contributed by atoms with Crippen molar-refractivity contribution >= 4 is 11.7 Å². The molecule has 1 amide bonds. The van der Waals surface area contributed by atoms with Crippen molar-refractivity contribution < 1.29 is 22.8 Å². The van der Waals surface area contributed by atoms with E-state index in [0.717, 1.165) is 22.9 Å². The average Bonchev–Trinajstić information content (AvgIpc) is 2.84. The SMILES string of the molecule is Cc1nn(-c2cc(C(N)=O)ccc2C(F)(F)F)c2c1C(=O)CCC2. The van der Waals surface area contributed by atoms with Crippen molar-refractivity contribution in [2.24, 2.45) is 5.73 Å². The molecule has 24 heavy (non-hydrogen) atoms. The van der Waals surface area contributed by atoms with Gasteiger partial charge in [0.1, 0.15) is 0 Å². The summed E-state index contributed by atoms with van der Waals surface area (Å²) >= 11 is 0. The van der Waals surface area contributed by atoms with Gasteiger partial charge in [0, 0.05) is 12.0 Å². The summed E-state index contributed by atoms with van der Waals surface area (Å²) in [5.41, 5.74) is 5.10. The largest absolute Gasteiger partial charge is 0.418 e. The van der Waals surface area contributed by atoms with E-state index in [1.54, 1.807) is 6.92 Å². The van der Waals surface area contributed by atoms with Gasteiger partial charge in [-0.05, 0) is 38.0 Å². The highest BCUT2D eigenvalue weighted by Gasteiger charge is 2.36. The van der Waals surface area contributed by atoms with Crippen LogP contribution < -0.4 is 5.73 Å². The minimum atomic E-state index is -4.63. The first-order valence-corrected chi connectivity index (χ1v) is 7.33. The van der Waals surface area contributed by atoms with Gasteiger partial charge in [-0.1, -0.05) is 0 Å². The van der Waals surface area contributed by atoms with Gasteiger partial charge in [-0.15, -0.1) is 0 Å². The highest BCUT2D eigenvalue weighted by molar-refractivity contribution is 5.99. The van der Waals surface area contributed by atoms with Crippen molar-refractivity contribution in [1.82, 2.24) is 9.78 Å². The van der Waals surface area contributed by atoms with E-state index in [9.17, 15) is 22.8 Å². The van der Waals surface area contributed by atoms with Crippen molar-refractivity contribution in [2.75, 3.05) is 0 Å². The molecule has 8 heteroatoms. The van der Waals surface area contributed by atoms with Gasteiger partial charge in [0.05, 0.1) is 28.2 Å². The monoisotopic (exact) mass is 337 g/mol. The number of benzene rings is 1. The van der Waals surface area contributed by atoms with Gasteiger partial charge in [-0.2, -0.15) is 18.3 Å². The Morgan fingerprint density at radius 3 is 2.62 bits per heavy atom. The van der Waals surface area contributed by atoms with E-state index in [2.05, 4.69) is 5.10 Å². The van der Waals surface area contributed by atoms with Crippen LogP contribution in [0.5, 0.6) is 0 Å². The van der Waals surface area contributed by atoms with Gasteiger partial charge >= 0.3 is 6.18 Å². The Morgan fingerprint density at radius 1 is 1.29 bits per heavy atom. The van der Waals surface area contributed by atoms with Crippen LogP contribution in [0.3, 0.4) is 0 Å². The number of aromatic nitrogens is 2. The molecule has 0 radical (unpaired) electrons. The molecule has 0 atom stereocenters. The summed E-state index contributed by atoms with van der Waals surface area (Å²) < 4.78 is 41.2. The standard InChI is InChI=1S/C16H14F3N3O2/c1-8-14-11(3-2-4-13(14)23)22(21-8)12-7-9(15(20)24)5-6-10(12)16(17,18)19/h5-7H,2-4H2,1H3,(H2,20,24). The third-order valence-electron chi connectivity index (χ3n) is 4.07. The van der Waals surface area contributed by atoms with E-state index in [1.165, 1.54) is 0 Å². The number of amides is 1. The summed E-state index contributed by atoms with van der Waals surface area (Å²) in [7, 11) is 0. The van der Waals surface area contributed by atoms with Crippen LogP contribution in [0.2, 0.25) is 0 Å². The van der Waals surface area contributed by atoms with Crippen LogP contribution in [-0.4, -0.2) is 21.5 Å². The number of nitrogens with zero attached hydrogens (tertiary/aromatic N) is 2. The highest BCUT2D eigenvalue weighted by atomic mass is 19.4. The predicted molar refractivity (Wildman–Crippen MR) is 79.1 cm³/mol. The molecule has 126 valence electrons. The lowest BCUT2D eigenvalue weighted by Crippen LogP contribution is -2.18. The number of hydrogen-bond donors (Lipinski definition) is 1. The molecule has 1 aliphatic carbocycles. The van der Waals surface area contributed by atoms with Gasteiger partial charge in [-0.25, -0.2) is 4.68 Å². The molecule has 1 aromatic carbocycles. The number of ketones is 1. The first-order chi connectivity index (χ1) is 11.2. The summed E-state index contributed by atoms with van der Waals surface area (Å²) in [6, 6.07) is 2.91. The number of rotatable bonds is 2. The van der Waals surface area contributed by atoms with Gasteiger partial charge < -0.3 is 5.73 Å². The molecular formula is C16H14F3N3O2. The van der Waals surface area contributed by atoms with Crippen LogP contribution in [0.15, 0.2) is 18.2 Å². The van der Waals surface area contributed by atoms with Crippen molar-refractivity contribution in [2.45, 2.75) is 32.4 Å². The van der Waals surface area contributed by atoms with Crippen molar-refractivity contribution in [1.29, 1.82) is 0 Å². The van der Waals surface area contributed by atoms with Gasteiger partial charge in [-0.3, -0.25) is 9.59 Å². The van der Waals surface area contributed by atoms with Crippen LogP contribution in [0, 0.1) is 6.92 Å². The van der Waals surface area contributed by atoms with Crippen molar-refractivity contribution in [3.8, 4) is 5.69 Å². The molecule has 2 aromatic rings. The maximum atomic E-state index is 13.4. The topological polar surface area (TPSA) is 78.0 Å². The second-order valence-electron chi connectivity index (χ2n) is 5.69. The van der Waals surface area contributed by atoms with Gasteiger partial charge in [0.25, 0.3) is 0 Å². The average molecular weight is 337 g/mol. The molecule has 0 bridgehead atoms. The zero-order valence-corrected chi connectivity index (χ0v) is 12.8. The molecule has 1 aliphatic rings. The Balaban J connectivity index is 2.29. The summed E-state index contributed by atoms with van der Waals surface area (Å²) in [6.45, 7) is 1.59. The summed E-state index contributed by atoms with van der Waals surface area (Å²) in [5.74, 6) is -0.960. The maximum Gasteiger partial charge on any atom is 0.418 e. The molecule has 5 nitrogen and oxygen atoms in total. The number of hydrogen-bond acceptors (Lipinski definition) is 3. The predicted octanol–water partition coefficient (Wildman–Crippen LogP) is 2.82. The number of nitrogens with two attached hydrogens (primary N) is 1. The van der Waals surface area contributed by atoms with E-state index in [1.807, 2.05) is 0 Å². The van der Waals surface area contributed by atoms with Crippen molar-refractivity contribution in [3.63, 3.8) is 0 Å². The van der Waals surface area contributed by atoms with Crippen LogP contribution in [0.25, 0.3) is 5.69 Å². The Hall–Kier alpha value is -2.64. The number of fused-ring (bicyclic) bond motifs is 1. The van der Waals surface area contributed by atoms with Gasteiger partial charge in [0.15, 0.2) is 5.78 Å². The van der Waals surface area contributed by atoms with Crippen LogP contribution in [0.4, 0.5) is 13.2 Å². The number of carbonyl (C=O) groups excluding carboxylic acids is 2. The number of primary amides is 1. The van der Waals surface area contributed by atoms with E-state index < -0.39 is 17.6 Å². The third-order valence-corrected chi connectivity index (χ3v) is 4.07. The van der Waals surface area contributed by atoms with Crippen LogP contribution in [0.1, 0.15) is 50.5 Å². The molecule has 0 unspecified atom stereocenters. The van der Waals surface area contributed by atoms with E-state index in [-0.39, 0.29) is 17.0 Å². The molecule has 0 saturated heterocycles. The lowest BCUT2D eigenvalue weighted by atomic mass is 9.94.